The molecule has 0 saturated carbocycles. The number of ether oxygens (including phenoxy) is 2. The molecule has 2 rings (SSSR count). The summed E-state index contributed by atoms with van der Waals surface area (Å²) in [6.07, 6.45) is 0.134. The number of nitrogens with zero attached hydrogens (tertiary/aromatic N) is 1. The Morgan fingerprint density at radius 2 is 1.61 bits per heavy atom. The zero-order valence-corrected chi connectivity index (χ0v) is 16.9. The van der Waals surface area contributed by atoms with E-state index in [1.807, 2.05) is 50.2 Å². The summed E-state index contributed by atoms with van der Waals surface area (Å²) in [5.74, 6) is 0.815. The molecular weight excluding hydrogens is 356 g/mol. The van der Waals surface area contributed by atoms with Crippen molar-refractivity contribution in [1.29, 1.82) is 0 Å². The average molecular weight is 384 g/mol. The van der Waals surface area contributed by atoms with E-state index in [1.54, 1.807) is 31.3 Å². The maximum Gasteiger partial charge on any atom is 0.249 e. The van der Waals surface area contributed by atoms with E-state index in [1.165, 1.54) is 0 Å². The molecule has 0 aliphatic heterocycles. The van der Waals surface area contributed by atoms with Crippen LogP contribution in [0.15, 0.2) is 48.5 Å². The molecule has 2 aromatic rings. The molecule has 1 atom stereocenters. The van der Waals surface area contributed by atoms with E-state index in [-0.39, 0.29) is 18.2 Å². The highest BCUT2D eigenvalue weighted by Gasteiger charge is 2.26. The molecule has 0 aliphatic rings. The van der Waals surface area contributed by atoms with Crippen LogP contribution in [0.3, 0.4) is 0 Å². The smallest absolute Gasteiger partial charge is 0.249 e. The third-order valence-electron chi connectivity index (χ3n) is 4.57. The van der Waals surface area contributed by atoms with E-state index < -0.39 is 6.04 Å². The molecule has 2 aromatic carbocycles. The molecule has 28 heavy (non-hydrogen) atoms. The molecule has 0 aliphatic carbocycles. The Balaban J connectivity index is 2.19. The van der Waals surface area contributed by atoms with E-state index in [9.17, 15) is 9.59 Å². The van der Waals surface area contributed by atoms with Crippen molar-refractivity contribution in [3.05, 3.63) is 59.7 Å². The van der Waals surface area contributed by atoms with Gasteiger partial charge >= 0.3 is 0 Å². The number of carbonyl (C=O) groups excluding carboxylic acids is 2. The summed E-state index contributed by atoms with van der Waals surface area (Å²) in [5, 5.41) is 2.89. The monoisotopic (exact) mass is 384 g/mol. The number of carbonyl (C=O) groups is 2. The minimum Gasteiger partial charge on any atom is -0.493 e. The second-order valence-electron chi connectivity index (χ2n) is 6.29. The lowest BCUT2D eigenvalue weighted by Gasteiger charge is -2.26. The van der Waals surface area contributed by atoms with Gasteiger partial charge in [-0.25, -0.2) is 0 Å². The first-order valence-corrected chi connectivity index (χ1v) is 9.38. The van der Waals surface area contributed by atoms with Gasteiger partial charge in [-0.05, 0) is 37.1 Å². The SMILES string of the molecule is CCN(CC)C(=O)[C@@H](NC(=O)Cc1ccc(OC)c(OC)c1)c1ccccc1. The number of rotatable bonds is 9. The van der Waals surface area contributed by atoms with Gasteiger partial charge in [0.15, 0.2) is 11.5 Å². The van der Waals surface area contributed by atoms with Crippen LogP contribution in [0.4, 0.5) is 0 Å². The van der Waals surface area contributed by atoms with E-state index in [0.29, 0.717) is 24.6 Å². The summed E-state index contributed by atoms with van der Waals surface area (Å²) in [7, 11) is 3.11. The third kappa shape index (κ3) is 5.25. The van der Waals surface area contributed by atoms with Gasteiger partial charge in [0.05, 0.1) is 20.6 Å². The van der Waals surface area contributed by atoms with Crippen LogP contribution in [0.1, 0.15) is 31.0 Å². The Kier molecular flexibility index (Phi) is 7.87. The first-order chi connectivity index (χ1) is 13.5. The number of nitrogens with one attached hydrogen (secondary N) is 1. The van der Waals surface area contributed by atoms with Gasteiger partial charge < -0.3 is 19.7 Å². The Labute approximate surface area is 166 Å². The number of hydrogen-bond acceptors (Lipinski definition) is 4. The molecule has 0 bridgehead atoms. The molecule has 0 spiro atoms. The Hall–Kier alpha value is -3.02. The Morgan fingerprint density at radius 1 is 0.964 bits per heavy atom. The maximum atomic E-state index is 13.0. The molecule has 0 saturated heterocycles. The zero-order valence-electron chi connectivity index (χ0n) is 16.9. The van der Waals surface area contributed by atoms with Crippen molar-refractivity contribution in [3.63, 3.8) is 0 Å². The molecule has 0 fully saturated rings. The molecule has 150 valence electrons. The van der Waals surface area contributed by atoms with Crippen LogP contribution >= 0.6 is 0 Å². The maximum absolute atomic E-state index is 13.0. The van der Waals surface area contributed by atoms with Gasteiger partial charge in [0, 0.05) is 13.1 Å². The van der Waals surface area contributed by atoms with Crippen molar-refractivity contribution in [2.75, 3.05) is 27.3 Å². The zero-order chi connectivity index (χ0) is 20.5. The molecule has 0 unspecified atom stereocenters. The molecule has 0 aromatic heterocycles. The highest BCUT2D eigenvalue weighted by atomic mass is 16.5. The first-order valence-electron chi connectivity index (χ1n) is 9.38. The van der Waals surface area contributed by atoms with Crippen LogP contribution in [0.25, 0.3) is 0 Å². The van der Waals surface area contributed by atoms with Gasteiger partial charge in [0.25, 0.3) is 0 Å². The highest BCUT2D eigenvalue weighted by molar-refractivity contribution is 5.89. The summed E-state index contributed by atoms with van der Waals surface area (Å²) in [5.41, 5.74) is 1.54. The molecular formula is C22H28N2O4. The van der Waals surface area contributed by atoms with Gasteiger partial charge in [-0.1, -0.05) is 36.4 Å². The number of methoxy groups -OCH3 is 2. The van der Waals surface area contributed by atoms with Crippen LogP contribution in [-0.4, -0.2) is 44.0 Å². The van der Waals surface area contributed by atoms with Gasteiger partial charge in [0.2, 0.25) is 11.8 Å². The summed E-state index contributed by atoms with van der Waals surface area (Å²) in [4.78, 5) is 27.4. The number of hydrogen-bond donors (Lipinski definition) is 1. The average Bonchev–Trinajstić information content (AvgIpc) is 2.73. The lowest BCUT2D eigenvalue weighted by molar-refractivity contribution is -0.136. The van der Waals surface area contributed by atoms with Crippen LogP contribution < -0.4 is 14.8 Å². The van der Waals surface area contributed by atoms with Crippen molar-refractivity contribution >= 4 is 11.8 Å². The number of likely N-dealkylation sites (N-methyl/N-ethyl adjacent to an activating group) is 1. The standard InChI is InChI=1S/C22H28N2O4/c1-5-24(6-2)22(26)21(17-10-8-7-9-11-17)23-20(25)15-16-12-13-18(27-3)19(14-16)28-4/h7-14,21H,5-6,15H2,1-4H3,(H,23,25)/t21-/m0/s1. The summed E-state index contributed by atoms with van der Waals surface area (Å²) >= 11 is 0. The predicted molar refractivity (Wildman–Crippen MR) is 109 cm³/mol. The molecule has 6 heteroatoms. The first kappa shape index (κ1) is 21.3. The van der Waals surface area contributed by atoms with E-state index in [0.717, 1.165) is 11.1 Å². The molecule has 6 nitrogen and oxygen atoms in total. The third-order valence-corrected chi connectivity index (χ3v) is 4.57. The van der Waals surface area contributed by atoms with Gasteiger partial charge in [0.1, 0.15) is 6.04 Å². The van der Waals surface area contributed by atoms with Gasteiger partial charge in [-0.15, -0.1) is 0 Å². The van der Waals surface area contributed by atoms with Crippen molar-refractivity contribution in [2.24, 2.45) is 0 Å². The predicted octanol–water partition coefficient (Wildman–Crippen LogP) is 2.97. The van der Waals surface area contributed by atoms with E-state index >= 15 is 0 Å². The fraction of sp³-hybridized carbons (Fsp3) is 0.364. The van der Waals surface area contributed by atoms with Crippen LogP contribution in [0, 0.1) is 0 Å². The molecule has 0 radical (unpaired) electrons. The topological polar surface area (TPSA) is 67.9 Å². The minimum atomic E-state index is -0.714. The van der Waals surface area contributed by atoms with Crippen molar-refractivity contribution in [2.45, 2.75) is 26.3 Å². The normalized spacial score (nSPS) is 11.4. The molecule has 0 heterocycles. The van der Waals surface area contributed by atoms with E-state index in [2.05, 4.69) is 5.32 Å². The van der Waals surface area contributed by atoms with Crippen LogP contribution in [0.2, 0.25) is 0 Å². The summed E-state index contributed by atoms with van der Waals surface area (Å²) in [6.45, 7) is 5.03. The second kappa shape index (κ2) is 10.3. The quantitative estimate of drug-likeness (QED) is 0.722. The lowest BCUT2D eigenvalue weighted by atomic mass is 10.0. The lowest BCUT2D eigenvalue weighted by Crippen LogP contribution is -2.43. The van der Waals surface area contributed by atoms with Crippen molar-refractivity contribution in [1.82, 2.24) is 10.2 Å². The van der Waals surface area contributed by atoms with E-state index in [4.69, 9.17) is 9.47 Å². The Morgan fingerprint density at radius 3 is 2.18 bits per heavy atom. The summed E-state index contributed by atoms with van der Waals surface area (Å²) in [6, 6.07) is 13.9. The van der Waals surface area contributed by atoms with Crippen LogP contribution in [0.5, 0.6) is 11.5 Å². The van der Waals surface area contributed by atoms with Gasteiger partial charge in [-0.2, -0.15) is 0 Å². The van der Waals surface area contributed by atoms with Crippen molar-refractivity contribution < 1.29 is 19.1 Å². The largest absolute Gasteiger partial charge is 0.493 e. The fourth-order valence-electron chi connectivity index (χ4n) is 3.04. The van der Waals surface area contributed by atoms with Crippen molar-refractivity contribution in [3.8, 4) is 11.5 Å². The number of amides is 2. The Bertz CT molecular complexity index is 788. The van der Waals surface area contributed by atoms with Crippen LogP contribution in [-0.2, 0) is 16.0 Å². The molecule has 2 amide bonds. The summed E-state index contributed by atoms with van der Waals surface area (Å²) < 4.78 is 10.5. The van der Waals surface area contributed by atoms with Gasteiger partial charge in [-0.3, -0.25) is 9.59 Å². The second-order valence-corrected chi connectivity index (χ2v) is 6.29. The fourth-order valence-corrected chi connectivity index (χ4v) is 3.04. The number of benzene rings is 2. The minimum absolute atomic E-state index is 0.114. The highest BCUT2D eigenvalue weighted by Crippen LogP contribution is 2.27. The molecule has 1 N–H and O–H groups in total.